The predicted molar refractivity (Wildman–Crippen MR) is 131 cm³/mol. The van der Waals surface area contributed by atoms with Crippen molar-refractivity contribution in [2.24, 2.45) is 0 Å². The van der Waals surface area contributed by atoms with Crippen molar-refractivity contribution in [2.45, 2.75) is 6.10 Å². The van der Waals surface area contributed by atoms with Gasteiger partial charge in [0.25, 0.3) is 0 Å². The fraction of sp³-hybridized carbons (Fsp3) is 0.111. The summed E-state index contributed by atoms with van der Waals surface area (Å²) in [5, 5.41) is 10.7. The van der Waals surface area contributed by atoms with Gasteiger partial charge >= 0.3 is 0 Å². The largest absolute Gasteiger partial charge is 0.508 e. The summed E-state index contributed by atoms with van der Waals surface area (Å²) in [5.74, 6) is 1.58. The van der Waals surface area contributed by atoms with E-state index >= 15 is 0 Å². The van der Waals surface area contributed by atoms with Gasteiger partial charge in [-0.1, -0.05) is 36.9 Å². The Morgan fingerprint density at radius 1 is 1.00 bits per heavy atom. The van der Waals surface area contributed by atoms with Crippen molar-refractivity contribution < 1.29 is 24.2 Å². The molecule has 0 saturated carbocycles. The van der Waals surface area contributed by atoms with Crippen LogP contribution in [0.4, 0.5) is 0 Å². The SMILES string of the molecule is C=CC(=O)N1CC(Oc2ccc(Oc3c(C(=O)c4ccccc4)sc4cc(O)ccc34)cc2)C1. The molecule has 0 spiro atoms. The van der Waals surface area contributed by atoms with Crippen LogP contribution >= 0.6 is 11.3 Å². The highest BCUT2D eigenvalue weighted by molar-refractivity contribution is 7.21. The number of rotatable bonds is 7. The van der Waals surface area contributed by atoms with E-state index < -0.39 is 0 Å². The van der Waals surface area contributed by atoms with E-state index in [0.717, 1.165) is 10.1 Å². The molecule has 170 valence electrons. The van der Waals surface area contributed by atoms with E-state index in [4.69, 9.17) is 9.47 Å². The van der Waals surface area contributed by atoms with Gasteiger partial charge in [0.2, 0.25) is 11.7 Å². The quantitative estimate of drug-likeness (QED) is 0.288. The van der Waals surface area contributed by atoms with Gasteiger partial charge in [-0.3, -0.25) is 9.59 Å². The standard InChI is InChI=1S/C27H21NO5S/c1-2-24(30)28-15-21(16-28)32-19-9-11-20(12-10-19)33-26-22-13-8-18(29)14-23(22)34-27(26)25(31)17-6-4-3-5-7-17/h2-14,21,29H,1,15-16H2. The van der Waals surface area contributed by atoms with Gasteiger partial charge in [0.1, 0.15) is 28.2 Å². The van der Waals surface area contributed by atoms with Crippen LogP contribution in [0.25, 0.3) is 10.1 Å². The lowest BCUT2D eigenvalue weighted by Crippen LogP contribution is -2.55. The topological polar surface area (TPSA) is 76.1 Å². The summed E-state index contributed by atoms with van der Waals surface area (Å²) in [4.78, 5) is 26.9. The van der Waals surface area contributed by atoms with Gasteiger partial charge in [0.15, 0.2) is 5.75 Å². The minimum Gasteiger partial charge on any atom is -0.508 e. The zero-order chi connectivity index (χ0) is 23.7. The molecule has 34 heavy (non-hydrogen) atoms. The zero-order valence-electron chi connectivity index (χ0n) is 18.1. The lowest BCUT2D eigenvalue weighted by atomic mass is 10.1. The van der Waals surface area contributed by atoms with Crippen molar-refractivity contribution in [2.75, 3.05) is 13.1 Å². The molecule has 0 aliphatic carbocycles. The predicted octanol–water partition coefficient (Wildman–Crippen LogP) is 5.41. The number of carbonyl (C=O) groups is 2. The summed E-state index contributed by atoms with van der Waals surface area (Å²) in [6.45, 7) is 4.55. The van der Waals surface area contributed by atoms with Crippen molar-refractivity contribution in [3.8, 4) is 23.0 Å². The van der Waals surface area contributed by atoms with E-state index in [1.165, 1.54) is 17.4 Å². The van der Waals surface area contributed by atoms with E-state index in [1.807, 2.05) is 18.2 Å². The lowest BCUT2D eigenvalue weighted by Gasteiger charge is -2.38. The van der Waals surface area contributed by atoms with Crippen molar-refractivity contribution in [1.29, 1.82) is 0 Å². The Hall–Kier alpha value is -4.10. The number of phenols is 1. The van der Waals surface area contributed by atoms with Crippen LogP contribution in [0.2, 0.25) is 0 Å². The number of phenolic OH excluding ortho intramolecular Hbond substituents is 1. The van der Waals surface area contributed by atoms with Crippen LogP contribution in [0, 0.1) is 0 Å². The molecule has 1 aromatic heterocycles. The Kier molecular flexibility index (Phi) is 5.77. The van der Waals surface area contributed by atoms with Crippen LogP contribution in [0.5, 0.6) is 23.0 Å². The second-order valence-corrected chi connectivity index (χ2v) is 8.95. The lowest BCUT2D eigenvalue weighted by molar-refractivity contribution is -0.134. The van der Waals surface area contributed by atoms with Crippen molar-refractivity contribution in [3.05, 3.63) is 95.9 Å². The fourth-order valence-corrected chi connectivity index (χ4v) is 4.88. The first-order valence-corrected chi connectivity index (χ1v) is 11.5. The number of fused-ring (bicyclic) bond motifs is 1. The average Bonchev–Trinajstić information content (AvgIpc) is 3.18. The summed E-state index contributed by atoms with van der Waals surface area (Å²) in [6, 6.07) is 21.2. The number of benzene rings is 3. The molecule has 4 aromatic rings. The summed E-state index contributed by atoms with van der Waals surface area (Å²) in [6.07, 6.45) is 1.24. The molecule has 1 aliphatic rings. The molecule has 0 atom stereocenters. The Morgan fingerprint density at radius 2 is 1.71 bits per heavy atom. The van der Waals surface area contributed by atoms with E-state index in [1.54, 1.807) is 59.5 Å². The van der Waals surface area contributed by atoms with E-state index in [-0.39, 0.29) is 23.5 Å². The Bertz CT molecular complexity index is 1370. The third-order valence-corrected chi connectivity index (χ3v) is 6.68. The zero-order valence-corrected chi connectivity index (χ0v) is 19.0. The minimum absolute atomic E-state index is 0.0562. The number of amides is 1. The molecule has 7 heteroatoms. The monoisotopic (exact) mass is 471 g/mol. The summed E-state index contributed by atoms with van der Waals surface area (Å²) in [7, 11) is 0. The van der Waals surface area contributed by atoms with Crippen LogP contribution in [-0.2, 0) is 4.79 Å². The fourth-order valence-electron chi connectivity index (χ4n) is 3.75. The smallest absolute Gasteiger partial charge is 0.246 e. The van der Waals surface area contributed by atoms with Gasteiger partial charge in [-0.2, -0.15) is 0 Å². The summed E-state index contributed by atoms with van der Waals surface area (Å²) >= 11 is 1.29. The molecular weight excluding hydrogens is 450 g/mol. The molecule has 1 N–H and O–H groups in total. The number of carbonyl (C=O) groups excluding carboxylic acids is 2. The van der Waals surface area contributed by atoms with E-state index in [9.17, 15) is 14.7 Å². The van der Waals surface area contributed by atoms with Gasteiger partial charge < -0.3 is 19.5 Å². The number of ketones is 1. The van der Waals surface area contributed by atoms with Crippen LogP contribution in [0.1, 0.15) is 15.2 Å². The maximum Gasteiger partial charge on any atom is 0.246 e. The highest BCUT2D eigenvalue weighted by atomic mass is 32.1. The van der Waals surface area contributed by atoms with Gasteiger partial charge in [-0.15, -0.1) is 11.3 Å². The van der Waals surface area contributed by atoms with Crippen LogP contribution in [-0.4, -0.2) is 40.9 Å². The third kappa shape index (κ3) is 4.25. The van der Waals surface area contributed by atoms with E-state index in [2.05, 4.69) is 6.58 Å². The molecule has 0 bridgehead atoms. The minimum atomic E-state index is -0.139. The molecule has 3 aromatic carbocycles. The summed E-state index contributed by atoms with van der Waals surface area (Å²) < 4.78 is 12.9. The highest BCUT2D eigenvalue weighted by Gasteiger charge is 2.31. The summed E-state index contributed by atoms with van der Waals surface area (Å²) in [5.41, 5.74) is 0.566. The number of ether oxygens (including phenoxy) is 2. The first-order valence-electron chi connectivity index (χ1n) is 10.7. The van der Waals surface area contributed by atoms with Crippen LogP contribution in [0.3, 0.4) is 0 Å². The first kappa shape index (κ1) is 21.7. The Balaban J connectivity index is 1.37. The molecule has 6 nitrogen and oxygen atoms in total. The molecule has 0 radical (unpaired) electrons. The van der Waals surface area contributed by atoms with Crippen molar-refractivity contribution in [3.63, 3.8) is 0 Å². The number of thiophene rings is 1. The second-order valence-electron chi connectivity index (χ2n) is 7.90. The van der Waals surface area contributed by atoms with Gasteiger partial charge in [0.05, 0.1) is 13.1 Å². The molecule has 0 unspecified atom stereocenters. The third-order valence-electron chi connectivity index (χ3n) is 5.55. The van der Waals surface area contributed by atoms with Crippen molar-refractivity contribution in [1.82, 2.24) is 4.90 Å². The second kappa shape index (κ2) is 9.03. The number of hydrogen-bond donors (Lipinski definition) is 1. The van der Waals surface area contributed by atoms with Gasteiger partial charge in [-0.05, 0) is 48.5 Å². The molecule has 2 heterocycles. The number of nitrogens with zero attached hydrogens (tertiary/aromatic N) is 1. The maximum atomic E-state index is 13.2. The molecule has 1 saturated heterocycles. The Morgan fingerprint density at radius 3 is 2.41 bits per heavy atom. The highest BCUT2D eigenvalue weighted by Crippen LogP contribution is 2.42. The maximum absolute atomic E-state index is 13.2. The molecule has 1 aliphatic heterocycles. The number of likely N-dealkylation sites (tertiary alicyclic amines) is 1. The normalized spacial score (nSPS) is 13.4. The van der Waals surface area contributed by atoms with Gasteiger partial charge in [-0.25, -0.2) is 0 Å². The number of hydrogen-bond acceptors (Lipinski definition) is 6. The Labute approximate surface area is 200 Å². The first-order chi connectivity index (χ1) is 16.5. The molecule has 1 amide bonds. The van der Waals surface area contributed by atoms with E-state index in [0.29, 0.717) is 40.8 Å². The van der Waals surface area contributed by atoms with Crippen LogP contribution < -0.4 is 9.47 Å². The van der Waals surface area contributed by atoms with Crippen LogP contribution in [0.15, 0.2) is 85.5 Å². The molecule has 5 rings (SSSR count). The molecule has 1 fully saturated rings. The van der Waals surface area contributed by atoms with Gasteiger partial charge in [0, 0.05) is 15.6 Å². The average molecular weight is 472 g/mol. The van der Waals surface area contributed by atoms with Crippen molar-refractivity contribution >= 4 is 33.1 Å². The molecular formula is C27H21NO5S. The number of aromatic hydroxyl groups is 1.